The molecule has 0 atom stereocenters. The van der Waals surface area contributed by atoms with E-state index in [1.807, 2.05) is 38.1 Å². The van der Waals surface area contributed by atoms with E-state index in [9.17, 15) is 13.2 Å². The third-order valence-corrected chi connectivity index (χ3v) is 7.03. The monoisotopic (exact) mass is 386 g/mol. The molecule has 0 saturated carbocycles. The zero-order valence-corrected chi connectivity index (χ0v) is 16.6. The molecule has 5 nitrogen and oxygen atoms in total. The number of rotatable bonds is 6. The molecule has 6 heteroatoms. The number of amides is 1. The van der Waals surface area contributed by atoms with Crippen LogP contribution in [0.25, 0.3) is 0 Å². The number of nitrogens with one attached hydrogen (secondary N) is 1. The highest BCUT2D eigenvalue weighted by Gasteiger charge is 2.28. The summed E-state index contributed by atoms with van der Waals surface area (Å²) in [5.41, 5.74) is 2.73. The van der Waals surface area contributed by atoms with Crippen LogP contribution in [0.5, 0.6) is 0 Å². The van der Waals surface area contributed by atoms with Crippen molar-refractivity contribution in [2.45, 2.75) is 50.6 Å². The van der Waals surface area contributed by atoms with Crippen molar-refractivity contribution in [3.63, 3.8) is 0 Å². The Balaban J connectivity index is 1.75. The van der Waals surface area contributed by atoms with E-state index >= 15 is 0 Å². The van der Waals surface area contributed by atoms with Crippen LogP contribution in [0, 0.1) is 0 Å². The van der Waals surface area contributed by atoms with Crippen LogP contribution in [-0.2, 0) is 23.0 Å². The van der Waals surface area contributed by atoms with Gasteiger partial charge in [0.05, 0.1) is 4.90 Å². The summed E-state index contributed by atoms with van der Waals surface area (Å²) in [6, 6.07) is 14.3. The van der Waals surface area contributed by atoms with E-state index < -0.39 is 10.0 Å². The van der Waals surface area contributed by atoms with Crippen molar-refractivity contribution in [1.82, 2.24) is 9.62 Å². The van der Waals surface area contributed by atoms with E-state index in [0.717, 1.165) is 18.4 Å². The smallest absolute Gasteiger partial charge is 0.251 e. The lowest BCUT2D eigenvalue weighted by atomic mass is 10.0. The van der Waals surface area contributed by atoms with Crippen LogP contribution in [0.1, 0.15) is 48.2 Å². The summed E-state index contributed by atoms with van der Waals surface area (Å²) < 4.78 is 27.5. The molecule has 0 fully saturated rings. The first-order valence-corrected chi connectivity index (χ1v) is 10.9. The minimum atomic E-state index is -3.58. The van der Waals surface area contributed by atoms with Gasteiger partial charge in [-0.25, -0.2) is 8.42 Å². The SMILES string of the molecule is CCC(CC)NC(=O)c1ccc(S(=O)(=O)N2CCc3ccccc3C2)cc1. The van der Waals surface area contributed by atoms with Gasteiger partial charge >= 0.3 is 0 Å². The molecule has 27 heavy (non-hydrogen) atoms. The van der Waals surface area contributed by atoms with Gasteiger partial charge in [0.1, 0.15) is 0 Å². The molecule has 2 aromatic rings. The van der Waals surface area contributed by atoms with Crippen molar-refractivity contribution in [2.24, 2.45) is 0 Å². The van der Waals surface area contributed by atoms with Crippen LogP contribution in [0.3, 0.4) is 0 Å². The molecule has 0 aliphatic carbocycles. The Morgan fingerprint density at radius 2 is 1.67 bits per heavy atom. The highest BCUT2D eigenvalue weighted by molar-refractivity contribution is 7.89. The first kappa shape index (κ1) is 19.6. The summed E-state index contributed by atoms with van der Waals surface area (Å²) >= 11 is 0. The number of nitrogens with zero attached hydrogens (tertiary/aromatic N) is 1. The molecule has 1 amide bonds. The first-order valence-electron chi connectivity index (χ1n) is 9.43. The molecular weight excluding hydrogens is 360 g/mol. The summed E-state index contributed by atoms with van der Waals surface area (Å²) in [6.07, 6.45) is 2.45. The summed E-state index contributed by atoms with van der Waals surface area (Å²) in [7, 11) is -3.58. The van der Waals surface area contributed by atoms with Crippen molar-refractivity contribution < 1.29 is 13.2 Å². The van der Waals surface area contributed by atoms with Gasteiger partial charge in [-0.05, 0) is 54.7 Å². The number of fused-ring (bicyclic) bond motifs is 1. The maximum atomic E-state index is 13.0. The van der Waals surface area contributed by atoms with Crippen LogP contribution in [0.4, 0.5) is 0 Å². The normalized spacial score (nSPS) is 14.8. The van der Waals surface area contributed by atoms with Gasteiger partial charge in [-0.1, -0.05) is 38.1 Å². The van der Waals surface area contributed by atoms with E-state index in [1.165, 1.54) is 22.0 Å². The van der Waals surface area contributed by atoms with Crippen molar-refractivity contribution in [1.29, 1.82) is 0 Å². The molecule has 1 aliphatic rings. The van der Waals surface area contributed by atoms with Crippen LogP contribution < -0.4 is 5.32 Å². The Kier molecular flexibility index (Phi) is 5.97. The third kappa shape index (κ3) is 4.22. The molecule has 3 rings (SSSR count). The fraction of sp³-hybridized carbons (Fsp3) is 0.381. The summed E-state index contributed by atoms with van der Waals surface area (Å²) in [4.78, 5) is 12.5. The molecule has 0 bridgehead atoms. The quantitative estimate of drug-likeness (QED) is 0.828. The van der Waals surface area contributed by atoms with Crippen molar-refractivity contribution in [3.8, 4) is 0 Å². The summed E-state index contributed by atoms with van der Waals surface area (Å²) in [6.45, 7) is 4.91. The van der Waals surface area contributed by atoms with Gasteiger partial charge in [-0.2, -0.15) is 4.31 Å². The Bertz CT molecular complexity index is 903. The predicted molar refractivity (Wildman–Crippen MR) is 106 cm³/mol. The molecule has 0 spiro atoms. The number of carbonyl (C=O) groups excluding carboxylic acids is 1. The maximum Gasteiger partial charge on any atom is 0.251 e. The number of benzene rings is 2. The Hall–Kier alpha value is -2.18. The topological polar surface area (TPSA) is 66.5 Å². The van der Waals surface area contributed by atoms with E-state index in [4.69, 9.17) is 0 Å². The van der Waals surface area contributed by atoms with Crippen LogP contribution >= 0.6 is 0 Å². The van der Waals surface area contributed by atoms with Crippen molar-refractivity contribution >= 4 is 15.9 Å². The van der Waals surface area contributed by atoms with Gasteiger partial charge in [0, 0.05) is 24.7 Å². The van der Waals surface area contributed by atoms with Crippen LogP contribution in [-0.4, -0.2) is 31.2 Å². The van der Waals surface area contributed by atoms with E-state index in [1.54, 1.807) is 12.1 Å². The maximum absolute atomic E-state index is 13.0. The molecule has 144 valence electrons. The van der Waals surface area contributed by atoms with Crippen LogP contribution in [0.2, 0.25) is 0 Å². The highest BCUT2D eigenvalue weighted by atomic mass is 32.2. The van der Waals surface area contributed by atoms with Crippen LogP contribution in [0.15, 0.2) is 53.4 Å². The van der Waals surface area contributed by atoms with Gasteiger partial charge in [-0.3, -0.25) is 4.79 Å². The number of sulfonamides is 1. The second kappa shape index (κ2) is 8.23. The number of hydrogen-bond acceptors (Lipinski definition) is 3. The number of carbonyl (C=O) groups is 1. The summed E-state index contributed by atoms with van der Waals surface area (Å²) in [5.74, 6) is -0.167. The Morgan fingerprint density at radius 1 is 1.04 bits per heavy atom. The summed E-state index contributed by atoms with van der Waals surface area (Å²) in [5, 5.41) is 2.97. The molecule has 0 radical (unpaired) electrons. The third-order valence-electron chi connectivity index (χ3n) is 5.17. The van der Waals surface area contributed by atoms with Gasteiger partial charge in [-0.15, -0.1) is 0 Å². The molecular formula is C21H26N2O3S. The van der Waals surface area contributed by atoms with E-state index in [2.05, 4.69) is 5.32 Å². The van der Waals surface area contributed by atoms with Gasteiger partial charge < -0.3 is 5.32 Å². The van der Waals surface area contributed by atoms with Gasteiger partial charge in [0.2, 0.25) is 10.0 Å². The predicted octanol–water partition coefficient (Wildman–Crippen LogP) is 3.35. The lowest BCUT2D eigenvalue weighted by Gasteiger charge is -2.28. The Morgan fingerprint density at radius 3 is 2.30 bits per heavy atom. The zero-order chi connectivity index (χ0) is 19.4. The molecule has 1 N–H and O–H groups in total. The highest BCUT2D eigenvalue weighted by Crippen LogP contribution is 2.25. The van der Waals surface area contributed by atoms with Crippen molar-refractivity contribution in [2.75, 3.05) is 6.54 Å². The fourth-order valence-corrected chi connectivity index (χ4v) is 4.78. The molecule has 0 aromatic heterocycles. The average Bonchev–Trinajstić information content (AvgIpc) is 2.71. The minimum absolute atomic E-state index is 0.134. The molecule has 1 heterocycles. The molecule has 0 saturated heterocycles. The van der Waals surface area contributed by atoms with Gasteiger partial charge in [0.15, 0.2) is 0 Å². The Labute approximate surface area is 161 Å². The molecule has 2 aromatic carbocycles. The fourth-order valence-electron chi connectivity index (χ4n) is 3.36. The second-order valence-electron chi connectivity index (χ2n) is 6.87. The van der Waals surface area contributed by atoms with E-state index in [0.29, 0.717) is 25.1 Å². The lowest BCUT2D eigenvalue weighted by molar-refractivity contribution is 0.0934. The molecule has 0 unspecified atom stereocenters. The molecule has 1 aliphatic heterocycles. The average molecular weight is 387 g/mol. The van der Waals surface area contributed by atoms with Crippen molar-refractivity contribution in [3.05, 3.63) is 65.2 Å². The lowest BCUT2D eigenvalue weighted by Crippen LogP contribution is -2.36. The van der Waals surface area contributed by atoms with E-state index in [-0.39, 0.29) is 16.8 Å². The standard InChI is InChI=1S/C21H26N2O3S/c1-3-19(4-2)22-21(24)17-9-11-20(12-10-17)27(25,26)23-14-13-16-7-5-6-8-18(16)15-23/h5-12,19H,3-4,13-15H2,1-2H3,(H,22,24). The number of hydrogen-bond donors (Lipinski definition) is 1. The largest absolute Gasteiger partial charge is 0.349 e. The second-order valence-corrected chi connectivity index (χ2v) is 8.81. The van der Waals surface area contributed by atoms with Gasteiger partial charge in [0.25, 0.3) is 5.91 Å². The first-order chi connectivity index (χ1) is 13.0. The zero-order valence-electron chi connectivity index (χ0n) is 15.8. The minimum Gasteiger partial charge on any atom is -0.349 e.